The molecule has 0 saturated carbocycles. The fourth-order valence-electron chi connectivity index (χ4n) is 1.82. The van der Waals surface area contributed by atoms with Gasteiger partial charge in [-0.2, -0.15) is 0 Å². The first-order valence-electron chi connectivity index (χ1n) is 5.58. The van der Waals surface area contributed by atoms with E-state index in [9.17, 15) is 0 Å². The molecule has 0 saturated heterocycles. The van der Waals surface area contributed by atoms with Gasteiger partial charge in [-0.1, -0.05) is 30.3 Å². The Hall–Kier alpha value is -0.900. The van der Waals surface area contributed by atoms with E-state index in [1.165, 1.54) is 0 Å². The Morgan fingerprint density at radius 3 is 2.31 bits per heavy atom. The number of ether oxygens (including phenoxy) is 2. The molecule has 0 radical (unpaired) electrons. The van der Waals surface area contributed by atoms with Gasteiger partial charge in [-0.05, 0) is 25.6 Å². The minimum atomic E-state index is -0.000417. The van der Waals surface area contributed by atoms with Gasteiger partial charge in [0.1, 0.15) is 6.10 Å². The second-order valence-electron chi connectivity index (χ2n) is 3.73. The summed E-state index contributed by atoms with van der Waals surface area (Å²) >= 11 is 0. The van der Waals surface area contributed by atoms with Gasteiger partial charge in [0, 0.05) is 14.2 Å². The molecule has 2 atom stereocenters. The van der Waals surface area contributed by atoms with Gasteiger partial charge in [0.15, 0.2) is 0 Å². The summed E-state index contributed by atoms with van der Waals surface area (Å²) in [5.41, 5.74) is 1.16. The molecule has 90 valence electrons. The first kappa shape index (κ1) is 13.2. The van der Waals surface area contributed by atoms with Crippen molar-refractivity contribution in [2.24, 2.45) is 0 Å². The van der Waals surface area contributed by atoms with Crippen molar-refractivity contribution in [1.82, 2.24) is 5.32 Å². The van der Waals surface area contributed by atoms with Crippen molar-refractivity contribution in [1.29, 1.82) is 0 Å². The molecule has 1 N–H and O–H groups in total. The van der Waals surface area contributed by atoms with Gasteiger partial charge in [-0.15, -0.1) is 0 Å². The van der Waals surface area contributed by atoms with Crippen molar-refractivity contribution >= 4 is 0 Å². The van der Waals surface area contributed by atoms with Crippen LogP contribution in [0.25, 0.3) is 0 Å². The van der Waals surface area contributed by atoms with E-state index in [-0.39, 0.29) is 12.2 Å². The van der Waals surface area contributed by atoms with E-state index in [1.54, 1.807) is 14.2 Å². The molecule has 0 spiro atoms. The Morgan fingerprint density at radius 2 is 1.81 bits per heavy atom. The highest BCUT2D eigenvalue weighted by atomic mass is 16.5. The fraction of sp³-hybridized carbons (Fsp3) is 0.538. The fourth-order valence-corrected chi connectivity index (χ4v) is 1.82. The topological polar surface area (TPSA) is 30.5 Å². The van der Waals surface area contributed by atoms with Crippen LogP contribution >= 0.6 is 0 Å². The van der Waals surface area contributed by atoms with Crippen LogP contribution in [-0.4, -0.2) is 33.9 Å². The Bertz CT molecular complexity index is 277. The van der Waals surface area contributed by atoms with Gasteiger partial charge in [-0.25, -0.2) is 0 Å². The lowest BCUT2D eigenvalue weighted by Gasteiger charge is -2.25. The molecule has 1 aromatic carbocycles. The lowest BCUT2D eigenvalue weighted by atomic mass is 10.0. The zero-order valence-corrected chi connectivity index (χ0v) is 10.3. The maximum Gasteiger partial charge on any atom is 0.108 e. The average Bonchev–Trinajstić information content (AvgIpc) is 2.35. The number of hydrogen-bond donors (Lipinski definition) is 1. The van der Waals surface area contributed by atoms with Gasteiger partial charge in [0.2, 0.25) is 0 Å². The maximum atomic E-state index is 5.53. The van der Waals surface area contributed by atoms with Crippen LogP contribution in [0, 0.1) is 0 Å². The first-order valence-corrected chi connectivity index (χ1v) is 5.58. The monoisotopic (exact) mass is 223 g/mol. The summed E-state index contributed by atoms with van der Waals surface area (Å²) in [6, 6.07) is 10.2. The number of methoxy groups -OCH3 is 2. The highest BCUT2D eigenvalue weighted by Gasteiger charge is 2.21. The average molecular weight is 223 g/mol. The number of benzene rings is 1. The lowest BCUT2D eigenvalue weighted by molar-refractivity contribution is -0.0409. The van der Waals surface area contributed by atoms with Crippen LogP contribution in [0.4, 0.5) is 0 Å². The molecular formula is C13H21NO2. The molecule has 2 unspecified atom stereocenters. The highest BCUT2D eigenvalue weighted by Crippen LogP contribution is 2.24. The third-order valence-electron chi connectivity index (χ3n) is 2.70. The van der Waals surface area contributed by atoms with Gasteiger partial charge < -0.3 is 14.8 Å². The number of hydrogen-bond acceptors (Lipinski definition) is 3. The molecule has 0 aliphatic carbocycles. The number of nitrogens with one attached hydrogen (secondary N) is 1. The quantitative estimate of drug-likeness (QED) is 0.767. The zero-order chi connectivity index (χ0) is 11.8. The van der Waals surface area contributed by atoms with Gasteiger partial charge in [0.05, 0.1) is 6.10 Å². The van der Waals surface area contributed by atoms with E-state index < -0.39 is 0 Å². The van der Waals surface area contributed by atoms with Crippen LogP contribution in [0.5, 0.6) is 0 Å². The first-order chi connectivity index (χ1) is 7.83. The molecule has 0 aliphatic rings. The molecule has 0 aliphatic heterocycles. The predicted molar refractivity (Wildman–Crippen MR) is 65.5 cm³/mol. The molecule has 1 rings (SSSR count). The Kier molecular flexibility index (Phi) is 6.08. The van der Waals surface area contributed by atoms with Crippen LogP contribution in [0.3, 0.4) is 0 Å². The Balaban J connectivity index is 2.71. The highest BCUT2D eigenvalue weighted by molar-refractivity contribution is 5.18. The standard InChI is InChI=1S/C13H21NO2/c1-14-10-9-12(15-2)13(16-3)11-7-5-4-6-8-11/h4-8,12-14H,9-10H2,1-3H3. The SMILES string of the molecule is CNCCC(OC)C(OC)c1ccccc1. The molecule has 0 bridgehead atoms. The Labute approximate surface area is 97.8 Å². The lowest BCUT2D eigenvalue weighted by Crippen LogP contribution is -2.26. The minimum Gasteiger partial charge on any atom is -0.378 e. The maximum absolute atomic E-state index is 5.53. The van der Waals surface area contributed by atoms with E-state index in [2.05, 4.69) is 17.4 Å². The van der Waals surface area contributed by atoms with Crippen molar-refractivity contribution in [2.75, 3.05) is 27.8 Å². The van der Waals surface area contributed by atoms with Crippen molar-refractivity contribution in [3.8, 4) is 0 Å². The summed E-state index contributed by atoms with van der Waals surface area (Å²) < 4.78 is 11.0. The van der Waals surface area contributed by atoms with Crippen LogP contribution in [0.2, 0.25) is 0 Å². The van der Waals surface area contributed by atoms with Crippen LogP contribution in [0.15, 0.2) is 30.3 Å². The molecule has 3 heteroatoms. The third-order valence-corrected chi connectivity index (χ3v) is 2.70. The van der Waals surface area contributed by atoms with E-state index in [4.69, 9.17) is 9.47 Å². The second-order valence-corrected chi connectivity index (χ2v) is 3.73. The molecule has 0 heterocycles. The van der Waals surface area contributed by atoms with Crippen LogP contribution < -0.4 is 5.32 Å². The zero-order valence-electron chi connectivity index (χ0n) is 10.3. The van der Waals surface area contributed by atoms with Crippen molar-refractivity contribution in [3.63, 3.8) is 0 Å². The third kappa shape index (κ3) is 3.59. The summed E-state index contributed by atoms with van der Waals surface area (Å²) in [5.74, 6) is 0. The van der Waals surface area contributed by atoms with E-state index in [0.717, 1.165) is 18.5 Å². The minimum absolute atomic E-state index is 0.000417. The molecule has 0 amide bonds. The van der Waals surface area contributed by atoms with Crippen LogP contribution in [0.1, 0.15) is 18.1 Å². The summed E-state index contributed by atoms with van der Waals surface area (Å²) in [7, 11) is 5.40. The van der Waals surface area contributed by atoms with Gasteiger partial charge >= 0.3 is 0 Å². The van der Waals surface area contributed by atoms with Gasteiger partial charge in [-0.3, -0.25) is 0 Å². The summed E-state index contributed by atoms with van der Waals surface area (Å²) in [6.45, 7) is 0.922. The molecule has 1 aromatic rings. The smallest absolute Gasteiger partial charge is 0.108 e. The molecule has 0 aromatic heterocycles. The Morgan fingerprint density at radius 1 is 1.12 bits per heavy atom. The molecule has 0 fully saturated rings. The van der Waals surface area contributed by atoms with E-state index in [1.807, 2.05) is 25.2 Å². The normalized spacial score (nSPS) is 14.7. The summed E-state index contributed by atoms with van der Waals surface area (Å²) in [5, 5.41) is 3.13. The molecule has 16 heavy (non-hydrogen) atoms. The van der Waals surface area contributed by atoms with Crippen molar-refractivity contribution < 1.29 is 9.47 Å². The molecule has 3 nitrogen and oxygen atoms in total. The second kappa shape index (κ2) is 7.39. The summed E-state index contributed by atoms with van der Waals surface area (Å²) in [6.07, 6.45) is 1.01. The summed E-state index contributed by atoms with van der Waals surface area (Å²) in [4.78, 5) is 0. The number of rotatable bonds is 7. The molecular weight excluding hydrogens is 202 g/mol. The van der Waals surface area contributed by atoms with Crippen molar-refractivity contribution in [3.05, 3.63) is 35.9 Å². The van der Waals surface area contributed by atoms with Crippen LogP contribution in [-0.2, 0) is 9.47 Å². The largest absolute Gasteiger partial charge is 0.378 e. The predicted octanol–water partition coefficient (Wildman–Crippen LogP) is 2.00. The van der Waals surface area contributed by atoms with Gasteiger partial charge in [0.25, 0.3) is 0 Å². The van der Waals surface area contributed by atoms with Crippen molar-refractivity contribution in [2.45, 2.75) is 18.6 Å². The van der Waals surface area contributed by atoms with E-state index in [0.29, 0.717) is 0 Å². The van der Waals surface area contributed by atoms with E-state index >= 15 is 0 Å².